The van der Waals surface area contributed by atoms with Crippen LogP contribution in [-0.2, 0) is 9.53 Å². The number of nitriles is 1. The standard InChI is InChI=1S/C32H39N7O3/c1-31(2)17-23(18-32(3,4)38(31)5)34-29-24(19-33)28(21-10-8-7-9-11-21)36-30(37-29)35-22-12-13-25-26(16-22)42-20-27(40)39(25)14-15-41-6/h7-13,16,23H,14-15,17-18,20H2,1-6H3,(H2,34,35,36,37). The quantitative estimate of drug-likeness (QED) is 0.378. The minimum absolute atomic E-state index is 0.0375. The summed E-state index contributed by atoms with van der Waals surface area (Å²) in [5.74, 6) is 1.33. The third-order valence-corrected chi connectivity index (χ3v) is 8.39. The Bertz CT molecular complexity index is 1480. The fraction of sp³-hybridized carbons (Fsp3) is 0.438. The molecule has 0 radical (unpaired) electrons. The highest BCUT2D eigenvalue weighted by Gasteiger charge is 2.43. The number of carbonyl (C=O) groups is 1. The molecule has 0 unspecified atom stereocenters. The number of aromatic nitrogens is 2. The van der Waals surface area contributed by atoms with Gasteiger partial charge in [0.15, 0.2) is 12.4 Å². The number of rotatable bonds is 8. The average molecular weight is 570 g/mol. The molecular weight excluding hydrogens is 530 g/mol. The molecule has 220 valence electrons. The van der Waals surface area contributed by atoms with Crippen molar-refractivity contribution in [3.63, 3.8) is 0 Å². The molecule has 1 saturated heterocycles. The van der Waals surface area contributed by atoms with E-state index in [1.165, 1.54) is 0 Å². The molecule has 42 heavy (non-hydrogen) atoms. The predicted molar refractivity (Wildman–Crippen MR) is 164 cm³/mol. The molecule has 2 aliphatic heterocycles. The number of carbonyl (C=O) groups excluding carboxylic acids is 1. The molecule has 0 saturated carbocycles. The van der Waals surface area contributed by atoms with Gasteiger partial charge in [0.05, 0.1) is 18.0 Å². The maximum absolute atomic E-state index is 12.4. The normalized spacial score (nSPS) is 18.1. The maximum atomic E-state index is 12.4. The van der Waals surface area contributed by atoms with E-state index < -0.39 is 0 Å². The third kappa shape index (κ3) is 5.89. The fourth-order valence-corrected chi connectivity index (χ4v) is 6.04. The van der Waals surface area contributed by atoms with Gasteiger partial charge in [-0.25, -0.2) is 4.98 Å². The number of amides is 1. The number of benzene rings is 2. The van der Waals surface area contributed by atoms with Crippen molar-refractivity contribution in [2.75, 3.05) is 49.4 Å². The molecule has 1 amide bonds. The molecule has 3 aromatic rings. The lowest BCUT2D eigenvalue weighted by molar-refractivity contribution is -0.121. The molecule has 0 atom stereocenters. The Morgan fingerprint density at radius 3 is 2.48 bits per heavy atom. The van der Waals surface area contributed by atoms with Gasteiger partial charge in [-0.15, -0.1) is 0 Å². The van der Waals surface area contributed by atoms with Crippen LogP contribution in [0.3, 0.4) is 0 Å². The van der Waals surface area contributed by atoms with Crippen LogP contribution in [0.15, 0.2) is 48.5 Å². The number of anilines is 4. The van der Waals surface area contributed by atoms with Crippen LogP contribution >= 0.6 is 0 Å². The van der Waals surface area contributed by atoms with E-state index in [0.717, 1.165) is 18.4 Å². The minimum Gasteiger partial charge on any atom is -0.481 e. The predicted octanol–water partition coefficient (Wildman–Crippen LogP) is 5.19. The van der Waals surface area contributed by atoms with Crippen LogP contribution in [0.5, 0.6) is 5.75 Å². The van der Waals surface area contributed by atoms with Crippen LogP contribution in [-0.4, -0.2) is 71.8 Å². The average Bonchev–Trinajstić information content (AvgIpc) is 2.95. The molecule has 1 aromatic heterocycles. The summed E-state index contributed by atoms with van der Waals surface area (Å²) < 4.78 is 10.9. The number of likely N-dealkylation sites (tertiary alicyclic amines) is 1. The molecule has 0 spiro atoms. The Hall–Kier alpha value is -4.20. The van der Waals surface area contributed by atoms with Crippen LogP contribution in [0, 0.1) is 11.3 Å². The van der Waals surface area contributed by atoms with E-state index in [9.17, 15) is 10.1 Å². The second kappa shape index (κ2) is 11.6. The van der Waals surface area contributed by atoms with Gasteiger partial charge in [-0.2, -0.15) is 10.2 Å². The van der Waals surface area contributed by atoms with E-state index in [-0.39, 0.29) is 29.6 Å². The van der Waals surface area contributed by atoms with Crippen molar-refractivity contribution in [2.45, 2.75) is 57.7 Å². The molecular formula is C32H39N7O3. The first kappa shape index (κ1) is 29.3. The number of nitrogens with zero attached hydrogens (tertiary/aromatic N) is 5. The largest absolute Gasteiger partial charge is 0.481 e. The molecule has 2 N–H and O–H groups in total. The van der Waals surface area contributed by atoms with Crippen molar-refractivity contribution in [1.29, 1.82) is 5.26 Å². The van der Waals surface area contributed by atoms with Crippen LogP contribution in [0.25, 0.3) is 11.3 Å². The maximum Gasteiger partial charge on any atom is 0.265 e. The van der Waals surface area contributed by atoms with Crippen LogP contribution in [0.1, 0.15) is 46.1 Å². The van der Waals surface area contributed by atoms with Gasteiger partial charge in [0.1, 0.15) is 17.4 Å². The zero-order valence-corrected chi connectivity index (χ0v) is 25.2. The summed E-state index contributed by atoms with van der Waals surface area (Å²) in [6, 6.07) is 17.7. The van der Waals surface area contributed by atoms with Gasteiger partial charge in [0.2, 0.25) is 5.95 Å². The Balaban J connectivity index is 1.51. The molecule has 10 nitrogen and oxygen atoms in total. The minimum atomic E-state index is -0.112. The van der Waals surface area contributed by atoms with E-state index in [0.29, 0.717) is 53.3 Å². The number of nitrogens with one attached hydrogen (secondary N) is 2. The van der Waals surface area contributed by atoms with Gasteiger partial charge in [-0.1, -0.05) is 30.3 Å². The molecule has 2 aliphatic rings. The highest BCUT2D eigenvalue weighted by Crippen LogP contribution is 2.39. The third-order valence-electron chi connectivity index (χ3n) is 8.39. The molecule has 5 rings (SSSR count). The summed E-state index contributed by atoms with van der Waals surface area (Å²) in [5.41, 5.74) is 3.10. The molecule has 3 heterocycles. The van der Waals surface area contributed by atoms with Crippen molar-refractivity contribution in [3.05, 3.63) is 54.1 Å². The highest BCUT2D eigenvalue weighted by molar-refractivity contribution is 5.98. The van der Waals surface area contributed by atoms with Crippen molar-refractivity contribution < 1.29 is 14.3 Å². The number of hydrogen-bond donors (Lipinski definition) is 2. The van der Waals surface area contributed by atoms with E-state index in [1.54, 1.807) is 12.0 Å². The zero-order valence-electron chi connectivity index (χ0n) is 25.2. The van der Waals surface area contributed by atoms with Gasteiger partial charge in [0, 0.05) is 48.1 Å². The van der Waals surface area contributed by atoms with Gasteiger partial charge in [0.25, 0.3) is 5.91 Å². The number of hydrogen-bond acceptors (Lipinski definition) is 9. The van der Waals surface area contributed by atoms with Gasteiger partial charge >= 0.3 is 0 Å². The topological polar surface area (TPSA) is 116 Å². The van der Waals surface area contributed by atoms with Crippen molar-refractivity contribution in [2.24, 2.45) is 0 Å². The lowest BCUT2D eigenvalue weighted by Gasteiger charge is -2.53. The number of methoxy groups -OCH3 is 1. The van der Waals surface area contributed by atoms with Gasteiger partial charge in [-0.3, -0.25) is 9.69 Å². The lowest BCUT2D eigenvalue weighted by Crippen LogP contribution is -2.61. The lowest BCUT2D eigenvalue weighted by atomic mass is 9.77. The first-order valence-corrected chi connectivity index (χ1v) is 14.2. The van der Waals surface area contributed by atoms with Gasteiger partial charge in [-0.05, 0) is 59.7 Å². The molecule has 0 aliphatic carbocycles. The van der Waals surface area contributed by atoms with Crippen molar-refractivity contribution in [1.82, 2.24) is 14.9 Å². The smallest absolute Gasteiger partial charge is 0.265 e. The summed E-state index contributed by atoms with van der Waals surface area (Å²) >= 11 is 0. The SMILES string of the molecule is COCCN1C(=O)COc2cc(Nc3nc(NC4CC(C)(C)N(C)C(C)(C)C4)c(C#N)c(-c4ccccc4)n3)ccc21. The number of piperidine rings is 1. The Morgan fingerprint density at radius 1 is 1.10 bits per heavy atom. The molecule has 1 fully saturated rings. The zero-order chi connectivity index (χ0) is 30.1. The molecule has 2 aromatic carbocycles. The van der Waals surface area contributed by atoms with E-state index in [4.69, 9.17) is 19.4 Å². The van der Waals surface area contributed by atoms with E-state index in [1.807, 2.05) is 48.5 Å². The van der Waals surface area contributed by atoms with Crippen LogP contribution in [0.4, 0.5) is 23.1 Å². The first-order valence-electron chi connectivity index (χ1n) is 14.2. The summed E-state index contributed by atoms with van der Waals surface area (Å²) in [7, 11) is 3.78. The Morgan fingerprint density at radius 2 is 1.81 bits per heavy atom. The highest BCUT2D eigenvalue weighted by atomic mass is 16.5. The number of fused-ring (bicyclic) bond motifs is 1. The van der Waals surface area contributed by atoms with Crippen molar-refractivity contribution in [3.8, 4) is 23.1 Å². The van der Waals surface area contributed by atoms with Gasteiger partial charge < -0.3 is 25.0 Å². The Kier molecular flexibility index (Phi) is 8.08. The molecule has 0 bridgehead atoms. The van der Waals surface area contributed by atoms with Crippen LogP contribution < -0.4 is 20.3 Å². The summed E-state index contributed by atoms with van der Waals surface area (Å²) in [6.45, 7) is 9.82. The Labute approximate surface area is 247 Å². The second-order valence-corrected chi connectivity index (χ2v) is 12.2. The van der Waals surface area contributed by atoms with E-state index in [2.05, 4.69) is 56.3 Å². The summed E-state index contributed by atoms with van der Waals surface area (Å²) in [5, 5.41) is 17.2. The van der Waals surface area contributed by atoms with Crippen molar-refractivity contribution >= 4 is 29.0 Å². The van der Waals surface area contributed by atoms with E-state index >= 15 is 0 Å². The summed E-state index contributed by atoms with van der Waals surface area (Å²) in [6.07, 6.45) is 1.79. The summed E-state index contributed by atoms with van der Waals surface area (Å²) in [4.78, 5) is 26.2. The monoisotopic (exact) mass is 569 g/mol. The second-order valence-electron chi connectivity index (χ2n) is 12.2. The first-order chi connectivity index (χ1) is 20.0. The molecule has 10 heteroatoms. The number of ether oxygens (including phenoxy) is 2. The van der Waals surface area contributed by atoms with Crippen LogP contribution in [0.2, 0.25) is 0 Å². The fourth-order valence-electron chi connectivity index (χ4n) is 6.04.